The molecule has 0 atom stereocenters. The number of aromatic amines is 1. The SMILES string of the molecule is CCC(=O)NCc1ccc(S(=O)(=O)Nc2cccc3c(Cl)c[nH]c23)cc1. The van der Waals surface area contributed by atoms with Gasteiger partial charge in [-0.1, -0.05) is 42.8 Å². The first-order chi connectivity index (χ1) is 12.4. The zero-order valence-electron chi connectivity index (χ0n) is 14.0. The molecule has 0 unspecified atom stereocenters. The molecule has 0 bridgehead atoms. The van der Waals surface area contributed by atoms with Crippen molar-refractivity contribution < 1.29 is 13.2 Å². The van der Waals surface area contributed by atoms with Crippen molar-refractivity contribution in [3.8, 4) is 0 Å². The van der Waals surface area contributed by atoms with Crippen LogP contribution in [0.25, 0.3) is 10.9 Å². The maximum Gasteiger partial charge on any atom is 0.261 e. The average molecular weight is 392 g/mol. The molecule has 3 aromatic rings. The summed E-state index contributed by atoms with van der Waals surface area (Å²) in [6, 6.07) is 11.6. The van der Waals surface area contributed by atoms with E-state index in [2.05, 4.69) is 15.0 Å². The van der Waals surface area contributed by atoms with Crippen molar-refractivity contribution in [2.45, 2.75) is 24.8 Å². The summed E-state index contributed by atoms with van der Waals surface area (Å²) >= 11 is 6.07. The fraction of sp³-hybridized carbons (Fsp3) is 0.167. The van der Waals surface area contributed by atoms with E-state index in [0.717, 1.165) is 10.9 Å². The lowest BCUT2D eigenvalue weighted by Crippen LogP contribution is -2.21. The number of hydrogen-bond donors (Lipinski definition) is 3. The number of amides is 1. The summed E-state index contributed by atoms with van der Waals surface area (Å²) in [6.45, 7) is 2.13. The number of aromatic nitrogens is 1. The molecule has 136 valence electrons. The number of para-hydroxylation sites is 1. The number of nitrogens with one attached hydrogen (secondary N) is 3. The predicted octanol–water partition coefficient (Wildman–Crippen LogP) is 3.65. The first-order valence-electron chi connectivity index (χ1n) is 8.05. The van der Waals surface area contributed by atoms with Gasteiger partial charge in [0.1, 0.15) is 0 Å². The average Bonchev–Trinajstić information content (AvgIpc) is 3.02. The molecule has 0 spiro atoms. The molecule has 0 saturated carbocycles. The molecule has 26 heavy (non-hydrogen) atoms. The van der Waals surface area contributed by atoms with Gasteiger partial charge >= 0.3 is 0 Å². The van der Waals surface area contributed by atoms with Gasteiger partial charge in [-0.2, -0.15) is 0 Å². The highest BCUT2D eigenvalue weighted by atomic mass is 35.5. The molecular formula is C18H18ClN3O3S. The van der Waals surface area contributed by atoms with Gasteiger partial charge < -0.3 is 10.3 Å². The largest absolute Gasteiger partial charge is 0.358 e. The molecule has 2 aromatic carbocycles. The molecule has 0 fully saturated rings. The van der Waals surface area contributed by atoms with E-state index in [-0.39, 0.29) is 10.8 Å². The molecule has 1 aromatic heterocycles. The number of benzene rings is 2. The lowest BCUT2D eigenvalue weighted by Gasteiger charge is -2.10. The second-order valence-electron chi connectivity index (χ2n) is 5.74. The summed E-state index contributed by atoms with van der Waals surface area (Å²) in [5.41, 5.74) is 1.87. The molecule has 0 aliphatic heterocycles. The quantitative estimate of drug-likeness (QED) is 0.599. The van der Waals surface area contributed by atoms with Crippen LogP contribution in [0.3, 0.4) is 0 Å². The maximum atomic E-state index is 12.6. The molecule has 1 amide bonds. The van der Waals surface area contributed by atoms with E-state index in [0.29, 0.717) is 29.2 Å². The molecule has 6 nitrogen and oxygen atoms in total. The number of carbonyl (C=O) groups is 1. The van der Waals surface area contributed by atoms with E-state index in [9.17, 15) is 13.2 Å². The normalized spacial score (nSPS) is 11.5. The Labute approximate surface area is 156 Å². The van der Waals surface area contributed by atoms with E-state index in [1.165, 1.54) is 12.1 Å². The van der Waals surface area contributed by atoms with Crippen molar-refractivity contribution >= 4 is 44.1 Å². The number of hydrogen-bond acceptors (Lipinski definition) is 3. The third kappa shape index (κ3) is 3.84. The Morgan fingerprint density at radius 3 is 2.58 bits per heavy atom. The highest BCUT2D eigenvalue weighted by molar-refractivity contribution is 7.92. The number of halogens is 1. The molecule has 0 radical (unpaired) electrons. The van der Waals surface area contributed by atoms with Crippen LogP contribution in [0.1, 0.15) is 18.9 Å². The first kappa shape index (κ1) is 18.3. The van der Waals surface area contributed by atoms with Gasteiger partial charge in [-0.15, -0.1) is 0 Å². The van der Waals surface area contributed by atoms with Gasteiger partial charge in [0, 0.05) is 24.5 Å². The smallest absolute Gasteiger partial charge is 0.261 e. The van der Waals surface area contributed by atoms with Gasteiger partial charge in [-0.05, 0) is 23.8 Å². The Bertz CT molecular complexity index is 1040. The number of H-pyrrole nitrogens is 1. The Morgan fingerprint density at radius 2 is 1.88 bits per heavy atom. The highest BCUT2D eigenvalue weighted by Gasteiger charge is 2.16. The molecule has 0 aliphatic rings. The van der Waals surface area contributed by atoms with E-state index >= 15 is 0 Å². The number of carbonyl (C=O) groups excluding carboxylic acids is 1. The minimum Gasteiger partial charge on any atom is -0.358 e. The van der Waals surface area contributed by atoms with E-state index in [1.807, 2.05) is 6.07 Å². The van der Waals surface area contributed by atoms with Crippen LogP contribution in [0.2, 0.25) is 5.02 Å². The van der Waals surface area contributed by atoms with Crippen LogP contribution in [-0.4, -0.2) is 19.3 Å². The number of rotatable bonds is 6. The van der Waals surface area contributed by atoms with Crippen molar-refractivity contribution in [2.24, 2.45) is 0 Å². The number of anilines is 1. The second-order valence-corrected chi connectivity index (χ2v) is 7.83. The fourth-order valence-corrected chi connectivity index (χ4v) is 3.80. The molecular weight excluding hydrogens is 374 g/mol. The first-order valence-corrected chi connectivity index (χ1v) is 9.91. The third-order valence-electron chi connectivity index (χ3n) is 3.95. The topological polar surface area (TPSA) is 91.1 Å². The van der Waals surface area contributed by atoms with E-state index < -0.39 is 10.0 Å². The standard InChI is InChI=1S/C18H18ClN3O3S/c1-2-17(23)20-10-12-6-8-13(9-7-12)26(24,25)22-16-5-3-4-14-15(19)11-21-18(14)16/h3-9,11,21-22H,2,10H2,1H3,(H,20,23). The number of sulfonamides is 1. The molecule has 1 heterocycles. The molecule has 8 heteroatoms. The van der Waals surface area contributed by atoms with Crippen molar-refractivity contribution in [2.75, 3.05) is 4.72 Å². The summed E-state index contributed by atoms with van der Waals surface area (Å²) in [5, 5.41) is 4.02. The third-order valence-corrected chi connectivity index (χ3v) is 5.65. The van der Waals surface area contributed by atoms with Crippen LogP contribution < -0.4 is 10.0 Å². The lowest BCUT2D eigenvalue weighted by atomic mass is 10.2. The number of fused-ring (bicyclic) bond motifs is 1. The minimum atomic E-state index is -3.75. The van der Waals surface area contributed by atoms with Crippen LogP contribution >= 0.6 is 11.6 Å². The second kappa shape index (κ2) is 7.39. The van der Waals surface area contributed by atoms with E-state index in [4.69, 9.17) is 11.6 Å². The summed E-state index contributed by atoms with van der Waals surface area (Å²) in [7, 11) is -3.75. The van der Waals surface area contributed by atoms with Crippen molar-refractivity contribution in [1.82, 2.24) is 10.3 Å². The van der Waals surface area contributed by atoms with Crippen LogP contribution in [-0.2, 0) is 21.4 Å². The van der Waals surface area contributed by atoms with Gasteiger partial charge in [-0.25, -0.2) is 8.42 Å². The van der Waals surface area contributed by atoms with Crippen LogP contribution in [0, 0.1) is 0 Å². The van der Waals surface area contributed by atoms with Gasteiger partial charge in [0.05, 0.1) is 21.1 Å². The Hall–Kier alpha value is -2.51. The van der Waals surface area contributed by atoms with Crippen molar-refractivity contribution in [3.63, 3.8) is 0 Å². The highest BCUT2D eigenvalue weighted by Crippen LogP contribution is 2.29. The Balaban J connectivity index is 1.80. The van der Waals surface area contributed by atoms with Gasteiger partial charge in [-0.3, -0.25) is 9.52 Å². The van der Waals surface area contributed by atoms with Crippen LogP contribution in [0.4, 0.5) is 5.69 Å². The molecule has 0 aliphatic carbocycles. The zero-order chi connectivity index (χ0) is 18.7. The maximum absolute atomic E-state index is 12.6. The fourth-order valence-electron chi connectivity index (χ4n) is 2.52. The van der Waals surface area contributed by atoms with Gasteiger partial charge in [0.25, 0.3) is 10.0 Å². The van der Waals surface area contributed by atoms with Crippen LogP contribution in [0.15, 0.2) is 53.6 Å². The van der Waals surface area contributed by atoms with Crippen molar-refractivity contribution in [1.29, 1.82) is 0 Å². The lowest BCUT2D eigenvalue weighted by molar-refractivity contribution is -0.120. The predicted molar refractivity (Wildman–Crippen MR) is 103 cm³/mol. The molecule has 0 saturated heterocycles. The zero-order valence-corrected chi connectivity index (χ0v) is 15.6. The Kier molecular flexibility index (Phi) is 5.20. The van der Waals surface area contributed by atoms with Crippen LogP contribution in [0.5, 0.6) is 0 Å². The summed E-state index contributed by atoms with van der Waals surface area (Å²) < 4.78 is 27.9. The Morgan fingerprint density at radius 1 is 1.15 bits per heavy atom. The van der Waals surface area contributed by atoms with Gasteiger partial charge in [0.2, 0.25) is 5.91 Å². The monoisotopic (exact) mass is 391 g/mol. The van der Waals surface area contributed by atoms with E-state index in [1.54, 1.807) is 37.4 Å². The van der Waals surface area contributed by atoms with Crippen molar-refractivity contribution in [3.05, 3.63) is 59.2 Å². The summed E-state index contributed by atoms with van der Waals surface area (Å²) in [5.74, 6) is -0.0546. The molecule has 3 rings (SSSR count). The summed E-state index contributed by atoms with van der Waals surface area (Å²) in [6.07, 6.45) is 2.02. The van der Waals surface area contributed by atoms with Gasteiger partial charge in [0.15, 0.2) is 0 Å². The minimum absolute atomic E-state index is 0.0546. The summed E-state index contributed by atoms with van der Waals surface area (Å²) in [4.78, 5) is 14.4. The molecule has 3 N–H and O–H groups in total.